The zero-order valence-electron chi connectivity index (χ0n) is 15.0. The summed E-state index contributed by atoms with van der Waals surface area (Å²) in [7, 11) is 0. The highest BCUT2D eigenvalue weighted by molar-refractivity contribution is 6.30. The first-order valence-electron chi connectivity index (χ1n) is 8.93. The fourth-order valence-corrected chi connectivity index (χ4v) is 2.90. The Labute approximate surface area is 164 Å². The summed E-state index contributed by atoms with van der Waals surface area (Å²) >= 11 is 5.71. The van der Waals surface area contributed by atoms with Gasteiger partial charge in [0.15, 0.2) is 0 Å². The van der Waals surface area contributed by atoms with Gasteiger partial charge in [-0.3, -0.25) is 4.98 Å². The highest BCUT2D eigenvalue weighted by atomic mass is 35.5. The summed E-state index contributed by atoms with van der Waals surface area (Å²) in [5.74, 6) is 5.94. The van der Waals surface area contributed by atoms with Crippen LogP contribution in [0.15, 0.2) is 49.2 Å². The SMILES string of the molecule is C=CCCCC1COC(C#Cc2ccc(-c3ccc(Cl)c(F)c3)nc2)OC1. The molecule has 0 bridgehead atoms. The lowest BCUT2D eigenvalue weighted by atomic mass is 10.0. The predicted octanol–water partition coefficient (Wildman–Crippen LogP) is 5.24. The van der Waals surface area contributed by atoms with Crippen LogP contribution in [0.1, 0.15) is 24.8 Å². The van der Waals surface area contributed by atoms with E-state index in [4.69, 9.17) is 21.1 Å². The Hall–Kier alpha value is -2.19. The number of hydrogen-bond donors (Lipinski definition) is 0. The second-order valence-corrected chi connectivity index (χ2v) is 6.82. The predicted molar refractivity (Wildman–Crippen MR) is 105 cm³/mol. The van der Waals surface area contributed by atoms with Gasteiger partial charge < -0.3 is 9.47 Å². The summed E-state index contributed by atoms with van der Waals surface area (Å²) in [5, 5.41) is 0.0941. The Morgan fingerprint density at radius 1 is 1.26 bits per heavy atom. The number of benzene rings is 1. The molecule has 0 radical (unpaired) electrons. The first-order chi connectivity index (χ1) is 13.2. The fourth-order valence-electron chi connectivity index (χ4n) is 2.78. The molecule has 0 spiro atoms. The Morgan fingerprint density at radius 2 is 2.07 bits per heavy atom. The van der Waals surface area contributed by atoms with Gasteiger partial charge in [-0.15, -0.1) is 6.58 Å². The largest absolute Gasteiger partial charge is 0.342 e. The van der Waals surface area contributed by atoms with Gasteiger partial charge in [-0.2, -0.15) is 0 Å². The van der Waals surface area contributed by atoms with Crippen molar-refractivity contribution in [2.45, 2.75) is 25.6 Å². The van der Waals surface area contributed by atoms with Gasteiger partial charge in [-0.25, -0.2) is 4.39 Å². The van der Waals surface area contributed by atoms with Crippen molar-refractivity contribution in [1.82, 2.24) is 4.98 Å². The first kappa shape index (κ1) is 19.6. The minimum absolute atomic E-state index is 0.0941. The van der Waals surface area contributed by atoms with E-state index in [1.54, 1.807) is 18.3 Å². The summed E-state index contributed by atoms with van der Waals surface area (Å²) in [6.45, 7) is 5.06. The van der Waals surface area contributed by atoms with Crippen LogP contribution in [0, 0.1) is 23.6 Å². The molecule has 0 N–H and O–H groups in total. The Kier molecular flexibility index (Phi) is 7.00. The maximum Gasteiger partial charge on any atom is 0.222 e. The van der Waals surface area contributed by atoms with E-state index in [-0.39, 0.29) is 5.02 Å². The van der Waals surface area contributed by atoms with E-state index in [1.807, 2.05) is 12.1 Å². The maximum absolute atomic E-state index is 13.6. The fraction of sp³-hybridized carbons (Fsp3) is 0.318. The standard InChI is InChI=1S/C22H21ClFNO2/c1-2-3-4-5-17-14-26-22(27-15-17)11-7-16-6-10-21(25-13-16)18-8-9-19(23)20(24)12-18/h2,6,8-10,12-13,17,22H,1,3-5,14-15H2. The number of halogens is 2. The first-order valence-corrected chi connectivity index (χ1v) is 9.30. The number of hydrogen-bond acceptors (Lipinski definition) is 3. The van der Waals surface area contributed by atoms with Crippen LogP contribution >= 0.6 is 11.6 Å². The number of pyridine rings is 1. The Morgan fingerprint density at radius 3 is 2.74 bits per heavy atom. The molecule has 140 valence electrons. The van der Waals surface area contributed by atoms with Gasteiger partial charge in [0, 0.05) is 23.2 Å². The summed E-state index contributed by atoms with van der Waals surface area (Å²) in [6, 6.07) is 8.25. The summed E-state index contributed by atoms with van der Waals surface area (Å²) in [4.78, 5) is 4.34. The second kappa shape index (κ2) is 9.66. The minimum atomic E-state index is -0.509. The molecule has 3 rings (SSSR count). The highest BCUT2D eigenvalue weighted by Crippen LogP contribution is 2.23. The number of allylic oxidation sites excluding steroid dienone is 1. The molecule has 5 heteroatoms. The number of aromatic nitrogens is 1. The second-order valence-electron chi connectivity index (χ2n) is 6.41. The molecule has 1 aromatic carbocycles. The molecule has 1 fully saturated rings. The zero-order chi connectivity index (χ0) is 19.1. The monoisotopic (exact) mass is 385 g/mol. The van der Waals surface area contributed by atoms with Crippen LogP contribution < -0.4 is 0 Å². The van der Waals surface area contributed by atoms with Crippen molar-refractivity contribution in [3.63, 3.8) is 0 Å². The van der Waals surface area contributed by atoms with Gasteiger partial charge in [0.25, 0.3) is 0 Å². The smallest absolute Gasteiger partial charge is 0.222 e. The molecular weight excluding hydrogens is 365 g/mol. The number of nitrogens with zero attached hydrogens (tertiary/aromatic N) is 1. The summed E-state index contributed by atoms with van der Waals surface area (Å²) in [6.07, 6.45) is 6.27. The van der Waals surface area contributed by atoms with Gasteiger partial charge in [-0.1, -0.05) is 29.7 Å². The summed E-state index contributed by atoms with van der Waals surface area (Å²) in [5.41, 5.74) is 2.06. The molecule has 2 aromatic rings. The van der Waals surface area contributed by atoms with Crippen molar-refractivity contribution in [2.75, 3.05) is 13.2 Å². The van der Waals surface area contributed by atoms with E-state index < -0.39 is 12.1 Å². The van der Waals surface area contributed by atoms with Crippen molar-refractivity contribution >= 4 is 11.6 Å². The van der Waals surface area contributed by atoms with Gasteiger partial charge in [-0.05, 0) is 49.4 Å². The lowest BCUT2D eigenvalue weighted by Crippen LogP contribution is -2.31. The third-order valence-corrected chi connectivity index (χ3v) is 4.61. The van der Waals surface area contributed by atoms with Crippen molar-refractivity contribution in [3.8, 4) is 23.1 Å². The Bertz CT molecular complexity index is 834. The van der Waals surface area contributed by atoms with E-state index in [0.29, 0.717) is 30.4 Å². The van der Waals surface area contributed by atoms with Gasteiger partial charge in [0.05, 0.1) is 23.9 Å². The molecule has 0 unspecified atom stereocenters. The van der Waals surface area contributed by atoms with Gasteiger partial charge in [0.1, 0.15) is 5.82 Å². The van der Waals surface area contributed by atoms with Crippen LogP contribution in [-0.2, 0) is 9.47 Å². The Balaban J connectivity index is 1.55. The molecular formula is C22H21ClFNO2. The number of rotatable bonds is 5. The highest BCUT2D eigenvalue weighted by Gasteiger charge is 2.20. The average molecular weight is 386 g/mol. The molecule has 0 amide bonds. The molecule has 0 atom stereocenters. The molecule has 1 aliphatic rings. The number of unbranched alkanes of at least 4 members (excludes halogenated alkanes) is 1. The maximum atomic E-state index is 13.6. The van der Waals surface area contributed by atoms with E-state index >= 15 is 0 Å². The normalized spacial score (nSPS) is 19.2. The molecule has 1 saturated heterocycles. The molecule has 2 heterocycles. The van der Waals surface area contributed by atoms with Gasteiger partial charge >= 0.3 is 0 Å². The van der Waals surface area contributed by atoms with Crippen LogP contribution in [0.25, 0.3) is 11.3 Å². The third kappa shape index (κ3) is 5.64. The van der Waals surface area contributed by atoms with E-state index in [0.717, 1.165) is 24.8 Å². The molecule has 1 aromatic heterocycles. The number of ether oxygens (including phenoxy) is 2. The van der Waals surface area contributed by atoms with Crippen molar-refractivity contribution in [2.24, 2.45) is 5.92 Å². The molecule has 0 saturated carbocycles. The summed E-state index contributed by atoms with van der Waals surface area (Å²) < 4.78 is 24.9. The molecule has 0 aliphatic carbocycles. The van der Waals surface area contributed by atoms with Crippen molar-refractivity contribution in [1.29, 1.82) is 0 Å². The van der Waals surface area contributed by atoms with Crippen LogP contribution in [0.2, 0.25) is 5.02 Å². The lowest BCUT2D eigenvalue weighted by Gasteiger charge is -2.26. The van der Waals surface area contributed by atoms with Crippen LogP contribution in [0.4, 0.5) is 4.39 Å². The quantitative estimate of drug-likeness (QED) is 0.401. The topological polar surface area (TPSA) is 31.4 Å². The van der Waals surface area contributed by atoms with Crippen LogP contribution in [0.3, 0.4) is 0 Å². The van der Waals surface area contributed by atoms with E-state index in [1.165, 1.54) is 12.1 Å². The molecule has 1 aliphatic heterocycles. The minimum Gasteiger partial charge on any atom is -0.342 e. The van der Waals surface area contributed by atoms with Crippen molar-refractivity contribution < 1.29 is 13.9 Å². The average Bonchev–Trinajstić information content (AvgIpc) is 2.70. The molecule has 3 nitrogen and oxygen atoms in total. The van der Waals surface area contributed by atoms with Crippen molar-refractivity contribution in [3.05, 3.63) is 65.6 Å². The molecule has 27 heavy (non-hydrogen) atoms. The zero-order valence-corrected chi connectivity index (χ0v) is 15.7. The van der Waals surface area contributed by atoms with Crippen LogP contribution in [-0.4, -0.2) is 24.5 Å². The van der Waals surface area contributed by atoms with E-state index in [9.17, 15) is 4.39 Å². The third-order valence-electron chi connectivity index (χ3n) is 4.30. The lowest BCUT2D eigenvalue weighted by molar-refractivity contribution is -0.170. The van der Waals surface area contributed by atoms with Crippen LogP contribution in [0.5, 0.6) is 0 Å². The van der Waals surface area contributed by atoms with E-state index in [2.05, 4.69) is 23.4 Å². The van der Waals surface area contributed by atoms with Gasteiger partial charge in [0.2, 0.25) is 6.29 Å².